The summed E-state index contributed by atoms with van der Waals surface area (Å²) in [4.78, 5) is 11.9. The molecule has 1 unspecified atom stereocenters. The summed E-state index contributed by atoms with van der Waals surface area (Å²) in [5, 5.41) is 3.07. The maximum atomic E-state index is 12.8. The van der Waals surface area contributed by atoms with Crippen molar-refractivity contribution in [3.05, 3.63) is 71.9 Å². The van der Waals surface area contributed by atoms with Crippen molar-refractivity contribution in [2.24, 2.45) is 0 Å². The zero-order chi connectivity index (χ0) is 19.1. The lowest BCUT2D eigenvalue weighted by molar-refractivity contribution is -0.137. The molecule has 2 aromatic rings. The number of nitrogens with zero attached hydrogens (tertiary/aromatic N) is 1. The van der Waals surface area contributed by atoms with E-state index < -0.39 is 17.2 Å². The van der Waals surface area contributed by atoms with Crippen LogP contribution in [-0.4, -0.2) is 28.6 Å². The minimum Gasteiger partial charge on any atom is -0.464 e. The van der Waals surface area contributed by atoms with E-state index in [1.807, 2.05) is 43.3 Å². The molecule has 0 amide bonds. The summed E-state index contributed by atoms with van der Waals surface area (Å²) in [6.45, 7) is 5.81. The molecule has 0 aromatic heterocycles. The fourth-order valence-corrected chi connectivity index (χ4v) is 3.10. The van der Waals surface area contributed by atoms with E-state index in [0.29, 0.717) is 5.75 Å². The van der Waals surface area contributed by atoms with Crippen LogP contribution in [0.25, 0.3) is 0 Å². The van der Waals surface area contributed by atoms with E-state index >= 15 is 0 Å². The molecule has 0 aliphatic rings. The molecule has 0 radical (unpaired) electrons. The Bertz CT molecular complexity index is 805. The quantitative estimate of drug-likeness (QED) is 0.568. The van der Waals surface area contributed by atoms with Crippen molar-refractivity contribution in [3.8, 4) is 5.75 Å². The van der Waals surface area contributed by atoms with Gasteiger partial charge in [-0.1, -0.05) is 42.5 Å². The second-order valence-electron chi connectivity index (χ2n) is 5.50. The Morgan fingerprint density at radius 2 is 1.85 bits per heavy atom. The number of carbonyl (C=O) groups excluding carboxylic acids is 1. The van der Waals surface area contributed by atoms with Crippen LogP contribution in [0.3, 0.4) is 0 Å². The molecule has 2 aromatic carbocycles. The van der Waals surface area contributed by atoms with Gasteiger partial charge in [-0.3, -0.25) is 0 Å². The summed E-state index contributed by atoms with van der Waals surface area (Å²) in [7, 11) is 3.04. The van der Waals surface area contributed by atoms with Crippen molar-refractivity contribution in [3.63, 3.8) is 0 Å². The normalized spacial score (nSPS) is 11.3. The summed E-state index contributed by atoms with van der Waals surface area (Å²) in [6.07, 6.45) is 0. The van der Waals surface area contributed by atoms with E-state index in [-0.39, 0.29) is 12.2 Å². The van der Waals surface area contributed by atoms with Crippen LogP contribution in [-0.2, 0) is 27.3 Å². The number of hydrogen-bond donors (Lipinski definition) is 1. The first-order chi connectivity index (χ1) is 12.5. The lowest BCUT2D eigenvalue weighted by Gasteiger charge is -2.24. The van der Waals surface area contributed by atoms with E-state index in [1.165, 1.54) is 11.4 Å². The maximum Gasteiger partial charge on any atom is 0.354 e. The number of benzene rings is 2. The van der Waals surface area contributed by atoms with Gasteiger partial charge < -0.3 is 14.2 Å². The maximum absolute atomic E-state index is 12.8. The summed E-state index contributed by atoms with van der Waals surface area (Å²) < 4.78 is 24.3. The van der Waals surface area contributed by atoms with Gasteiger partial charge in [-0.25, -0.2) is 9.10 Å². The van der Waals surface area contributed by atoms with E-state index in [9.17, 15) is 9.00 Å². The van der Waals surface area contributed by atoms with Gasteiger partial charge in [0.15, 0.2) is 0 Å². The molecule has 0 saturated heterocycles. The van der Waals surface area contributed by atoms with Crippen LogP contribution in [0.5, 0.6) is 5.75 Å². The Kier molecular flexibility index (Phi) is 6.80. The number of esters is 1. The third-order valence-electron chi connectivity index (χ3n) is 3.69. The van der Waals surface area contributed by atoms with Gasteiger partial charge in [0, 0.05) is 12.7 Å². The third kappa shape index (κ3) is 4.86. The van der Waals surface area contributed by atoms with Crippen LogP contribution in [0.15, 0.2) is 60.8 Å². The third-order valence-corrected chi connectivity index (χ3v) is 4.74. The second-order valence-corrected chi connectivity index (χ2v) is 6.54. The first kappa shape index (κ1) is 19.5. The van der Waals surface area contributed by atoms with Crippen LogP contribution in [0.1, 0.15) is 11.1 Å². The number of para-hydroxylation sites is 1. The Morgan fingerprint density at radius 1 is 1.19 bits per heavy atom. The van der Waals surface area contributed by atoms with E-state index in [1.54, 1.807) is 19.2 Å². The fourth-order valence-electron chi connectivity index (χ4n) is 2.24. The van der Waals surface area contributed by atoms with E-state index in [4.69, 9.17) is 8.92 Å². The largest absolute Gasteiger partial charge is 0.464 e. The van der Waals surface area contributed by atoms with Crippen LogP contribution >= 0.6 is 0 Å². The van der Waals surface area contributed by atoms with Gasteiger partial charge in [-0.15, -0.1) is 0 Å². The standard InChI is InChI=1S/C19H22N2O4S/c1-14-9-11-17(12-10-14)25-26(23)21(15(2)19(22)24-4)13-16-7-5-6-8-18(16)20-3/h5-12,20H,2,13H2,1,3-4H3. The van der Waals surface area contributed by atoms with Gasteiger partial charge in [0.2, 0.25) is 0 Å². The van der Waals surface area contributed by atoms with Gasteiger partial charge in [0.25, 0.3) is 0 Å². The first-order valence-electron chi connectivity index (χ1n) is 7.93. The molecule has 2 rings (SSSR count). The molecule has 0 aliphatic heterocycles. The monoisotopic (exact) mass is 374 g/mol. The number of aryl methyl sites for hydroxylation is 1. The molecule has 0 spiro atoms. The van der Waals surface area contributed by atoms with Crippen LogP contribution in [0.2, 0.25) is 0 Å². The molecule has 26 heavy (non-hydrogen) atoms. The number of ether oxygens (including phenoxy) is 1. The molecular weight excluding hydrogens is 352 g/mol. The molecule has 7 heteroatoms. The highest BCUT2D eigenvalue weighted by molar-refractivity contribution is 7.78. The number of methoxy groups -OCH3 is 1. The Labute approximate surface area is 156 Å². The van der Waals surface area contributed by atoms with Gasteiger partial charge in [0.1, 0.15) is 11.4 Å². The molecule has 0 saturated carbocycles. The zero-order valence-electron chi connectivity index (χ0n) is 15.0. The molecule has 0 heterocycles. The lowest BCUT2D eigenvalue weighted by Crippen LogP contribution is -2.32. The predicted molar refractivity (Wildman–Crippen MR) is 103 cm³/mol. The van der Waals surface area contributed by atoms with Gasteiger partial charge in [-0.05, 0) is 30.7 Å². The highest BCUT2D eigenvalue weighted by Gasteiger charge is 2.24. The van der Waals surface area contributed by atoms with Crippen LogP contribution in [0, 0.1) is 6.92 Å². The predicted octanol–water partition coefficient (Wildman–Crippen LogP) is 3.18. The van der Waals surface area contributed by atoms with E-state index in [2.05, 4.69) is 11.9 Å². The molecular formula is C19H22N2O4S. The van der Waals surface area contributed by atoms with Crippen molar-refractivity contribution in [2.45, 2.75) is 13.5 Å². The molecule has 0 aliphatic carbocycles. The number of rotatable bonds is 8. The minimum absolute atomic E-state index is 0.0520. The average molecular weight is 374 g/mol. The van der Waals surface area contributed by atoms with Gasteiger partial charge in [0.05, 0.1) is 13.7 Å². The van der Waals surface area contributed by atoms with Gasteiger partial charge in [-0.2, -0.15) is 4.21 Å². The fraction of sp³-hybridized carbons (Fsp3) is 0.211. The number of anilines is 1. The Hall–Kier alpha value is -2.80. The zero-order valence-corrected chi connectivity index (χ0v) is 15.8. The minimum atomic E-state index is -1.97. The molecule has 0 fully saturated rings. The summed E-state index contributed by atoms with van der Waals surface area (Å²) in [5.74, 6) is -0.244. The average Bonchev–Trinajstić information content (AvgIpc) is 2.66. The topological polar surface area (TPSA) is 67.9 Å². The molecule has 1 atom stereocenters. The van der Waals surface area contributed by atoms with Crippen molar-refractivity contribution >= 4 is 22.9 Å². The highest BCUT2D eigenvalue weighted by atomic mass is 32.2. The summed E-state index contributed by atoms with van der Waals surface area (Å²) in [5.41, 5.74) is 2.69. The highest BCUT2D eigenvalue weighted by Crippen LogP contribution is 2.22. The lowest BCUT2D eigenvalue weighted by atomic mass is 10.1. The number of carbonyl (C=O) groups is 1. The molecule has 138 valence electrons. The summed E-state index contributed by atoms with van der Waals surface area (Å²) in [6, 6.07) is 14.6. The second kappa shape index (κ2) is 9.05. The molecule has 0 bridgehead atoms. The Balaban J connectivity index is 2.28. The molecule has 1 N–H and O–H groups in total. The van der Waals surface area contributed by atoms with Crippen molar-refractivity contribution in [1.29, 1.82) is 0 Å². The summed E-state index contributed by atoms with van der Waals surface area (Å²) >= 11 is -1.97. The van der Waals surface area contributed by atoms with Crippen molar-refractivity contribution < 1.29 is 17.9 Å². The smallest absolute Gasteiger partial charge is 0.354 e. The van der Waals surface area contributed by atoms with E-state index in [0.717, 1.165) is 16.8 Å². The van der Waals surface area contributed by atoms with Crippen molar-refractivity contribution in [2.75, 3.05) is 19.5 Å². The molecule has 6 nitrogen and oxygen atoms in total. The van der Waals surface area contributed by atoms with Gasteiger partial charge >= 0.3 is 17.2 Å². The number of hydrogen-bond acceptors (Lipinski definition) is 5. The first-order valence-corrected chi connectivity index (χ1v) is 8.96. The van der Waals surface area contributed by atoms with Crippen LogP contribution < -0.4 is 9.50 Å². The Morgan fingerprint density at radius 3 is 2.46 bits per heavy atom. The number of nitrogens with one attached hydrogen (secondary N) is 1. The van der Waals surface area contributed by atoms with Crippen molar-refractivity contribution in [1.82, 2.24) is 4.31 Å². The SMILES string of the molecule is C=C(C(=O)OC)N(Cc1ccccc1NC)S(=O)Oc1ccc(C)cc1. The van der Waals surface area contributed by atoms with Crippen LogP contribution in [0.4, 0.5) is 5.69 Å².